The van der Waals surface area contributed by atoms with E-state index in [1.807, 2.05) is 13.1 Å². The lowest BCUT2D eigenvalue weighted by atomic mass is 9.78. The number of aryl methyl sites for hydroxylation is 1. The van der Waals surface area contributed by atoms with E-state index in [1.54, 1.807) is 7.11 Å². The molecule has 2 aliphatic carbocycles. The summed E-state index contributed by atoms with van der Waals surface area (Å²) < 4.78 is 5.49. The molecular formula is C16H24N2O. The molecule has 3 unspecified atom stereocenters. The summed E-state index contributed by atoms with van der Waals surface area (Å²) in [5.74, 6) is 2.53. The molecule has 2 fully saturated rings. The Labute approximate surface area is 115 Å². The van der Waals surface area contributed by atoms with Crippen molar-refractivity contribution in [2.24, 2.45) is 17.6 Å². The molecule has 3 rings (SSSR count). The van der Waals surface area contributed by atoms with Crippen LogP contribution in [0.3, 0.4) is 0 Å². The summed E-state index contributed by atoms with van der Waals surface area (Å²) in [5, 5.41) is 0. The van der Waals surface area contributed by atoms with Crippen LogP contribution in [0.4, 0.5) is 0 Å². The molecule has 1 aromatic rings. The lowest BCUT2D eigenvalue weighted by Gasteiger charge is -2.34. The topological polar surface area (TPSA) is 48.1 Å². The largest absolute Gasteiger partial charge is 0.496 e. The molecule has 0 aromatic carbocycles. The van der Waals surface area contributed by atoms with E-state index in [-0.39, 0.29) is 5.54 Å². The third-order valence-electron chi connectivity index (χ3n) is 5.27. The summed E-state index contributed by atoms with van der Waals surface area (Å²) in [6, 6.07) is 0. The van der Waals surface area contributed by atoms with Gasteiger partial charge in [-0.25, -0.2) is 0 Å². The highest BCUT2D eigenvalue weighted by Crippen LogP contribution is 2.50. The van der Waals surface area contributed by atoms with Crippen molar-refractivity contribution in [1.29, 1.82) is 0 Å². The van der Waals surface area contributed by atoms with Gasteiger partial charge in [0.1, 0.15) is 5.75 Å². The Kier molecular flexibility index (Phi) is 3.05. The number of rotatable bonds is 3. The number of methoxy groups -OCH3 is 1. The Balaban J connectivity index is 1.88. The molecule has 0 amide bonds. The Hall–Kier alpha value is -1.09. The summed E-state index contributed by atoms with van der Waals surface area (Å²) in [6.45, 7) is 4.14. The second-order valence-electron chi connectivity index (χ2n) is 6.54. The maximum atomic E-state index is 6.69. The van der Waals surface area contributed by atoms with Crippen LogP contribution in [0.5, 0.6) is 5.75 Å². The molecule has 19 heavy (non-hydrogen) atoms. The Morgan fingerprint density at radius 2 is 2.21 bits per heavy atom. The molecule has 2 bridgehead atoms. The lowest BCUT2D eigenvalue weighted by Crippen LogP contribution is -2.47. The number of nitrogens with zero attached hydrogens (tertiary/aromatic N) is 1. The van der Waals surface area contributed by atoms with Gasteiger partial charge < -0.3 is 10.5 Å². The SMILES string of the molecule is COc1c(C)cnc(CC2(N)CC3CCC2C3)c1C. The van der Waals surface area contributed by atoms with Gasteiger partial charge in [-0.1, -0.05) is 6.42 Å². The summed E-state index contributed by atoms with van der Waals surface area (Å²) in [4.78, 5) is 4.62. The molecule has 2 aliphatic rings. The minimum absolute atomic E-state index is 0.0268. The van der Waals surface area contributed by atoms with Crippen LogP contribution in [0, 0.1) is 25.7 Å². The van der Waals surface area contributed by atoms with Crippen molar-refractivity contribution in [3.05, 3.63) is 23.0 Å². The second kappa shape index (κ2) is 4.48. The minimum Gasteiger partial charge on any atom is -0.496 e. The highest BCUT2D eigenvalue weighted by Gasteiger charge is 2.48. The van der Waals surface area contributed by atoms with E-state index in [2.05, 4.69) is 11.9 Å². The normalized spacial score (nSPS) is 32.8. The summed E-state index contributed by atoms with van der Waals surface area (Å²) in [7, 11) is 1.73. The van der Waals surface area contributed by atoms with Gasteiger partial charge in [0, 0.05) is 35.0 Å². The predicted octanol–water partition coefficient (Wildman–Crippen LogP) is 2.77. The van der Waals surface area contributed by atoms with E-state index in [0.717, 1.165) is 34.9 Å². The summed E-state index contributed by atoms with van der Waals surface area (Å²) in [6.07, 6.45) is 8.01. The predicted molar refractivity (Wildman–Crippen MR) is 76.3 cm³/mol. The van der Waals surface area contributed by atoms with E-state index in [1.165, 1.54) is 25.7 Å². The highest BCUT2D eigenvalue weighted by atomic mass is 16.5. The Bertz CT molecular complexity index is 500. The van der Waals surface area contributed by atoms with Gasteiger partial charge in [-0.15, -0.1) is 0 Å². The van der Waals surface area contributed by atoms with Crippen molar-refractivity contribution in [3.8, 4) is 5.75 Å². The summed E-state index contributed by atoms with van der Waals surface area (Å²) >= 11 is 0. The Morgan fingerprint density at radius 3 is 2.79 bits per heavy atom. The van der Waals surface area contributed by atoms with E-state index >= 15 is 0 Å². The molecule has 1 aromatic heterocycles. The van der Waals surface area contributed by atoms with Crippen molar-refractivity contribution >= 4 is 0 Å². The zero-order valence-corrected chi connectivity index (χ0v) is 12.2. The van der Waals surface area contributed by atoms with Crippen molar-refractivity contribution < 1.29 is 4.74 Å². The standard InChI is InChI=1S/C16H24N2O/c1-10-9-18-14(11(2)15(10)19-3)8-16(17)7-12-4-5-13(16)6-12/h9,12-13H,4-8,17H2,1-3H3. The number of fused-ring (bicyclic) bond motifs is 2. The van der Waals surface area contributed by atoms with Crippen molar-refractivity contribution in [2.75, 3.05) is 7.11 Å². The minimum atomic E-state index is -0.0268. The molecule has 2 N–H and O–H groups in total. The van der Waals surface area contributed by atoms with Crippen LogP contribution < -0.4 is 10.5 Å². The van der Waals surface area contributed by atoms with Gasteiger partial charge in [0.25, 0.3) is 0 Å². The number of ether oxygens (including phenoxy) is 1. The van der Waals surface area contributed by atoms with Crippen LogP contribution in [0.2, 0.25) is 0 Å². The van der Waals surface area contributed by atoms with Crippen molar-refractivity contribution in [1.82, 2.24) is 4.98 Å². The van der Waals surface area contributed by atoms with Crippen LogP contribution in [0.1, 0.15) is 42.5 Å². The monoisotopic (exact) mass is 260 g/mol. The Morgan fingerprint density at radius 1 is 1.42 bits per heavy atom. The first-order valence-electron chi connectivity index (χ1n) is 7.31. The number of nitrogens with two attached hydrogens (primary N) is 1. The molecule has 0 radical (unpaired) electrons. The fourth-order valence-corrected chi connectivity index (χ4v) is 4.26. The van der Waals surface area contributed by atoms with Gasteiger partial charge in [-0.2, -0.15) is 0 Å². The van der Waals surface area contributed by atoms with Crippen molar-refractivity contribution in [3.63, 3.8) is 0 Å². The first-order chi connectivity index (χ1) is 9.03. The zero-order valence-electron chi connectivity index (χ0n) is 12.2. The molecule has 0 saturated heterocycles. The van der Waals surface area contributed by atoms with Crippen molar-refractivity contribution in [2.45, 2.75) is 51.5 Å². The van der Waals surface area contributed by atoms with Crippen LogP contribution >= 0.6 is 0 Å². The quantitative estimate of drug-likeness (QED) is 0.909. The average Bonchev–Trinajstić information content (AvgIpc) is 2.93. The van der Waals surface area contributed by atoms with Crippen LogP contribution in [-0.4, -0.2) is 17.6 Å². The maximum Gasteiger partial charge on any atom is 0.128 e. The highest BCUT2D eigenvalue weighted by molar-refractivity contribution is 5.41. The van der Waals surface area contributed by atoms with E-state index in [9.17, 15) is 0 Å². The fourth-order valence-electron chi connectivity index (χ4n) is 4.26. The second-order valence-corrected chi connectivity index (χ2v) is 6.54. The molecule has 1 heterocycles. The maximum absolute atomic E-state index is 6.69. The van der Waals surface area contributed by atoms with Crippen LogP contribution in [0.25, 0.3) is 0 Å². The van der Waals surface area contributed by atoms with Gasteiger partial charge in [-0.05, 0) is 44.9 Å². The number of hydrogen-bond acceptors (Lipinski definition) is 3. The zero-order chi connectivity index (χ0) is 13.6. The van der Waals surface area contributed by atoms with Crippen LogP contribution in [0.15, 0.2) is 6.20 Å². The molecule has 0 spiro atoms. The fraction of sp³-hybridized carbons (Fsp3) is 0.688. The molecular weight excluding hydrogens is 236 g/mol. The molecule has 104 valence electrons. The molecule has 3 atom stereocenters. The third kappa shape index (κ3) is 2.04. The summed E-state index contributed by atoms with van der Waals surface area (Å²) in [5.41, 5.74) is 10.1. The van der Waals surface area contributed by atoms with Gasteiger partial charge in [0.2, 0.25) is 0 Å². The number of pyridine rings is 1. The molecule has 2 saturated carbocycles. The average molecular weight is 260 g/mol. The van der Waals surface area contributed by atoms with Gasteiger partial charge in [0.15, 0.2) is 0 Å². The first kappa shape index (κ1) is 12.9. The van der Waals surface area contributed by atoms with Gasteiger partial charge in [0.05, 0.1) is 7.11 Å². The number of aromatic nitrogens is 1. The van der Waals surface area contributed by atoms with E-state index < -0.39 is 0 Å². The van der Waals surface area contributed by atoms with E-state index in [4.69, 9.17) is 10.5 Å². The van der Waals surface area contributed by atoms with E-state index in [0.29, 0.717) is 5.92 Å². The first-order valence-corrected chi connectivity index (χ1v) is 7.31. The van der Waals surface area contributed by atoms with Gasteiger partial charge >= 0.3 is 0 Å². The molecule has 3 heteroatoms. The lowest BCUT2D eigenvalue weighted by molar-refractivity contribution is 0.266. The number of hydrogen-bond donors (Lipinski definition) is 1. The smallest absolute Gasteiger partial charge is 0.128 e. The van der Waals surface area contributed by atoms with Crippen LogP contribution in [-0.2, 0) is 6.42 Å². The van der Waals surface area contributed by atoms with Gasteiger partial charge in [-0.3, -0.25) is 4.98 Å². The molecule has 3 nitrogen and oxygen atoms in total. The molecule has 0 aliphatic heterocycles. The third-order valence-corrected chi connectivity index (χ3v) is 5.27.